The second-order valence-corrected chi connectivity index (χ2v) is 7.58. The highest BCUT2D eigenvalue weighted by Crippen LogP contribution is 2.24. The molecule has 0 radical (unpaired) electrons. The molecule has 0 bridgehead atoms. The average Bonchev–Trinajstić information content (AvgIpc) is 2.16. The quantitative estimate of drug-likeness (QED) is 0.824. The van der Waals surface area contributed by atoms with Crippen LogP contribution in [0.25, 0.3) is 0 Å². The molecule has 0 saturated heterocycles. The van der Waals surface area contributed by atoms with E-state index in [0.29, 0.717) is 10.6 Å². The summed E-state index contributed by atoms with van der Waals surface area (Å²) in [6.07, 6.45) is 0.436. The van der Waals surface area contributed by atoms with Crippen molar-refractivity contribution in [1.82, 2.24) is 0 Å². The number of sulfone groups is 1. The molecule has 0 fully saturated rings. The highest BCUT2D eigenvalue weighted by molar-refractivity contribution is 7.90. The Hall–Kier alpha value is -1.21. The van der Waals surface area contributed by atoms with Gasteiger partial charge in [-0.25, -0.2) is 13.2 Å². The molecule has 1 aromatic rings. The van der Waals surface area contributed by atoms with Gasteiger partial charge in [-0.1, -0.05) is 0 Å². The van der Waals surface area contributed by atoms with Crippen molar-refractivity contribution in [2.45, 2.75) is 36.2 Å². The molecule has 0 atom stereocenters. The van der Waals surface area contributed by atoms with Crippen LogP contribution in [0.15, 0.2) is 28.0 Å². The van der Waals surface area contributed by atoms with Gasteiger partial charge in [0.2, 0.25) is 0 Å². The molecule has 19 heavy (non-hydrogen) atoms. The summed E-state index contributed by atoms with van der Waals surface area (Å²) in [6, 6.07) is 4.28. The van der Waals surface area contributed by atoms with Crippen LogP contribution in [0.5, 0.6) is 0 Å². The first kappa shape index (κ1) is 15.8. The van der Waals surface area contributed by atoms with Crippen molar-refractivity contribution >= 4 is 34.2 Å². The van der Waals surface area contributed by atoms with Crippen molar-refractivity contribution in [2.75, 3.05) is 11.6 Å². The van der Waals surface area contributed by atoms with Gasteiger partial charge in [-0.05, 0) is 39.0 Å². The second kappa shape index (κ2) is 5.42. The van der Waals surface area contributed by atoms with E-state index in [-0.39, 0.29) is 4.90 Å². The number of hydrogen-bond donors (Lipinski definition) is 2. The Balaban J connectivity index is 2.99. The zero-order chi connectivity index (χ0) is 14.8. The molecule has 106 valence electrons. The van der Waals surface area contributed by atoms with Crippen LogP contribution in [0, 0.1) is 0 Å². The van der Waals surface area contributed by atoms with Gasteiger partial charge in [-0.3, -0.25) is 5.32 Å². The van der Waals surface area contributed by atoms with Crippen LogP contribution >= 0.6 is 12.6 Å². The smallest absolute Gasteiger partial charge is 0.412 e. The molecule has 0 aromatic heterocycles. The molecule has 0 aliphatic carbocycles. The lowest BCUT2D eigenvalue weighted by Crippen LogP contribution is -2.27. The number of hydrogen-bond acceptors (Lipinski definition) is 5. The fourth-order valence-electron chi connectivity index (χ4n) is 1.26. The van der Waals surface area contributed by atoms with E-state index in [9.17, 15) is 13.2 Å². The molecule has 1 aromatic carbocycles. The van der Waals surface area contributed by atoms with Crippen molar-refractivity contribution in [1.29, 1.82) is 0 Å². The first-order valence-electron chi connectivity index (χ1n) is 5.52. The Kier molecular flexibility index (Phi) is 4.52. The molecule has 5 nitrogen and oxygen atoms in total. The van der Waals surface area contributed by atoms with Gasteiger partial charge < -0.3 is 4.74 Å². The van der Waals surface area contributed by atoms with E-state index in [1.165, 1.54) is 18.2 Å². The summed E-state index contributed by atoms with van der Waals surface area (Å²) in [5.41, 5.74) is -0.338. The molecule has 1 rings (SSSR count). The molecule has 0 aliphatic heterocycles. The maximum Gasteiger partial charge on any atom is 0.412 e. The maximum absolute atomic E-state index is 11.6. The first-order chi connectivity index (χ1) is 8.49. The molecule has 0 saturated carbocycles. The standard InChI is InChI=1S/C12H17NO4S2/c1-12(2,3)17-11(14)13-9-7-8(19(4,15)16)5-6-10(9)18/h5-7,18H,1-4H3,(H,13,14). The van der Waals surface area contributed by atoms with Crippen molar-refractivity contribution in [3.8, 4) is 0 Å². The lowest BCUT2D eigenvalue weighted by atomic mass is 10.2. The summed E-state index contributed by atoms with van der Waals surface area (Å²) in [4.78, 5) is 12.2. The number of carbonyl (C=O) groups is 1. The minimum Gasteiger partial charge on any atom is -0.444 e. The Labute approximate surface area is 118 Å². The normalized spacial score (nSPS) is 12.1. The van der Waals surface area contributed by atoms with Crippen molar-refractivity contribution < 1.29 is 17.9 Å². The van der Waals surface area contributed by atoms with Gasteiger partial charge in [0.25, 0.3) is 0 Å². The van der Waals surface area contributed by atoms with Crippen LogP contribution < -0.4 is 5.32 Å². The van der Waals surface area contributed by atoms with Crippen molar-refractivity contribution in [3.05, 3.63) is 18.2 Å². The van der Waals surface area contributed by atoms with Crippen LogP contribution in [-0.2, 0) is 14.6 Å². The fourth-order valence-corrected chi connectivity index (χ4v) is 2.10. The number of amides is 1. The molecular weight excluding hydrogens is 286 g/mol. The number of anilines is 1. The maximum atomic E-state index is 11.6. The Morgan fingerprint density at radius 2 is 1.89 bits per heavy atom. The minimum atomic E-state index is -3.34. The van der Waals surface area contributed by atoms with E-state index in [2.05, 4.69) is 17.9 Å². The van der Waals surface area contributed by atoms with Gasteiger partial charge >= 0.3 is 6.09 Å². The van der Waals surface area contributed by atoms with Crippen LogP contribution in [0.2, 0.25) is 0 Å². The predicted octanol–water partition coefficient (Wildman–Crippen LogP) is 2.73. The molecular formula is C12H17NO4S2. The zero-order valence-corrected chi connectivity index (χ0v) is 12.9. The van der Waals surface area contributed by atoms with E-state index in [1.54, 1.807) is 20.8 Å². The molecule has 0 heterocycles. The Morgan fingerprint density at radius 1 is 1.32 bits per heavy atom. The summed E-state index contributed by atoms with van der Waals surface area (Å²) >= 11 is 4.16. The summed E-state index contributed by atoms with van der Waals surface area (Å²) in [7, 11) is -3.34. The van der Waals surface area contributed by atoms with Gasteiger partial charge in [0.15, 0.2) is 9.84 Å². The third-order valence-corrected chi connectivity index (χ3v) is 3.53. The molecule has 1 N–H and O–H groups in total. The SMILES string of the molecule is CC(C)(C)OC(=O)Nc1cc(S(C)(=O)=O)ccc1S. The third kappa shape index (κ3) is 5.12. The van der Waals surface area contributed by atoms with E-state index in [0.717, 1.165) is 6.26 Å². The van der Waals surface area contributed by atoms with E-state index >= 15 is 0 Å². The number of benzene rings is 1. The van der Waals surface area contributed by atoms with Crippen molar-refractivity contribution in [2.24, 2.45) is 0 Å². The minimum absolute atomic E-state index is 0.108. The van der Waals surface area contributed by atoms with Gasteiger partial charge in [-0.2, -0.15) is 0 Å². The van der Waals surface area contributed by atoms with Crippen molar-refractivity contribution in [3.63, 3.8) is 0 Å². The second-order valence-electron chi connectivity index (χ2n) is 5.08. The summed E-state index contributed by atoms with van der Waals surface area (Å²) in [5, 5.41) is 2.48. The van der Waals surface area contributed by atoms with E-state index in [4.69, 9.17) is 4.74 Å². The van der Waals surface area contributed by atoms with Crippen LogP contribution in [-0.4, -0.2) is 26.4 Å². The summed E-state index contributed by atoms with van der Waals surface area (Å²) < 4.78 is 28.0. The summed E-state index contributed by atoms with van der Waals surface area (Å²) in [6.45, 7) is 5.21. The highest BCUT2D eigenvalue weighted by atomic mass is 32.2. The summed E-state index contributed by atoms with van der Waals surface area (Å²) in [5.74, 6) is 0. The zero-order valence-electron chi connectivity index (χ0n) is 11.2. The number of rotatable bonds is 2. The number of thiol groups is 1. The molecule has 1 amide bonds. The van der Waals surface area contributed by atoms with Gasteiger partial charge in [0, 0.05) is 11.2 Å². The molecule has 0 aliphatic rings. The van der Waals surface area contributed by atoms with Crippen LogP contribution in [0.3, 0.4) is 0 Å². The highest BCUT2D eigenvalue weighted by Gasteiger charge is 2.18. The topological polar surface area (TPSA) is 72.5 Å². The van der Waals surface area contributed by atoms with Crippen LogP contribution in [0.4, 0.5) is 10.5 Å². The van der Waals surface area contributed by atoms with Gasteiger partial charge in [0.1, 0.15) is 5.60 Å². The lowest BCUT2D eigenvalue weighted by molar-refractivity contribution is 0.0635. The molecule has 0 spiro atoms. The van der Waals surface area contributed by atoms with Crippen LogP contribution in [0.1, 0.15) is 20.8 Å². The molecule has 7 heteroatoms. The number of carbonyl (C=O) groups excluding carboxylic acids is 1. The number of ether oxygens (including phenoxy) is 1. The van der Waals surface area contributed by atoms with E-state index in [1.807, 2.05) is 0 Å². The lowest BCUT2D eigenvalue weighted by Gasteiger charge is -2.20. The predicted molar refractivity (Wildman–Crippen MR) is 76.7 cm³/mol. The third-order valence-electron chi connectivity index (χ3n) is 2.03. The largest absolute Gasteiger partial charge is 0.444 e. The van der Waals surface area contributed by atoms with Gasteiger partial charge in [0.05, 0.1) is 10.6 Å². The number of nitrogens with one attached hydrogen (secondary N) is 1. The van der Waals surface area contributed by atoms with Gasteiger partial charge in [-0.15, -0.1) is 12.6 Å². The van der Waals surface area contributed by atoms with E-state index < -0.39 is 21.5 Å². The first-order valence-corrected chi connectivity index (χ1v) is 7.86. The Morgan fingerprint density at radius 3 is 2.37 bits per heavy atom. The monoisotopic (exact) mass is 303 g/mol. The molecule has 0 unspecified atom stereocenters. The average molecular weight is 303 g/mol. The fraction of sp³-hybridized carbons (Fsp3) is 0.417. The Bertz CT molecular complexity index is 588.